The number of nitrogens with one attached hydrogen (secondary N) is 1. The summed E-state index contributed by atoms with van der Waals surface area (Å²) in [5.74, 6) is -1.30. The summed E-state index contributed by atoms with van der Waals surface area (Å²) in [7, 11) is 0. The number of halogens is 3. The highest BCUT2D eigenvalue weighted by Gasteiger charge is 2.31. The van der Waals surface area contributed by atoms with Gasteiger partial charge in [-0.25, -0.2) is 0 Å². The Hall–Kier alpha value is -1.76. The second-order valence-corrected chi connectivity index (χ2v) is 4.26. The molecule has 20 heavy (non-hydrogen) atoms. The third-order valence-electron chi connectivity index (χ3n) is 2.56. The standard InChI is InChI=1S/C13H16F3NO3/c1-2-4-11(12(18)19)17-8-9-5-3-6-10(7-9)20-13(14,15)16/h3,5-7,11,17H,2,4,8H2,1H3,(H,18,19). The minimum absolute atomic E-state index is 0.159. The largest absolute Gasteiger partial charge is 0.573 e. The number of aliphatic carboxylic acids is 1. The molecular weight excluding hydrogens is 275 g/mol. The lowest BCUT2D eigenvalue weighted by atomic mass is 10.1. The van der Waals surface area contributed by atoms with E-state index in [0.29, 0.717) is 18.4 Å². The lowest BCUT2D eigenvalue weighted by Gasteiger charge is -2.14. The van der Waals surface area contributed by atoms with E-state index in [1.54, 1.807) is 6.07 Å². The van der Waals surface area contributed by atoms with Crippen LogP contribution in [0.15, 0.2) is 24.3 Å². The highest BCUT2D eigenvalue weighted by molar-refractivity contribution is 5.73. The van der Waals surface area contributed by atoms with Crippen LogP contribution in [-0.4, -0.2) is 23.5 Å². The number of carbonyl (C=O) groups is 1. The molecular formula is C13H16F3NO3. The lowest BCUT2D eigenvalue weighted by Crippen LogP contribution is -2.36. The molecule has 1 aromatic rings. The molecule has 1 aromatic carbocycles. The molecule has 2 N–H and O–H groups in total. The second kappa shape index (κ2) is 7.14. The minimum Gasteiger partial charge on any atom is -0.480 e. The van der Waals surface area contributed by atoms with Crippen LogP contribution in [0.3, 0.4) is 0 Å². The SMILES string of the molecule is CCCC(NCc1cccc(OC(F)(F)F)c1)C(=O)O. The summed E-state index contributed by atoms with van der Waals surface area (Å²) in [6.07, 6.45) is -3.59. The molecule has 0 saturated carbocycles. The Labute approximate surface area is 114 Å². The van der Waals surface area contributed by atoms with Gasteiger partial charge in [-0.05, 0) is 24.1 Å². The van der Waals surface area contributed by atoms with E-state index in [1.165, 1.54) is 18.2 Å². The molecule has 4 nitrogen and oxygen atoms in total. The van der Waals surface area contributed by atoms with Gasteiger partial charge in [-0.3, -0.25) is 4.79 Å². The van der Waals surface area contributed by atoms with E-state index in [0.717, 1.165) is 0 Å². The molecule has 0 amide bonds. The third-order valence-corrected chi connectivity index (χ3v) is 2.56. The Morgan fingerprint density at radius 3 is 2.70 bits per heavy atom. The maximum absolute atomic E-state index is 12.1. The van der Waals surface area contributed by atoms with Crippen LogP contribution in [0.1, 0.15) is 25.3 Å². The molecule has 0 aliphatic rings. The summed E-state index contributed by atoms with van der Waals surface area (Å²) in [6.45, 7) is 2.02. The second-order valence-electron chi connectivity index (χ2n) is 4.26. The average molecular weight is 291 g/mol. The Bertz CT molecular complexity index is 449. The Morgan fingerprint density at radius 1 is 1.45 bits per heavy atom. The van der Waals surface area contributed by atoms with Crippen LogP contribution >= 0.6 is 0 Å². The van der Waals surface area contributed by atoms with Crippen LogP contribution in [0, 0.1) is 0 Å². The van der Waals surface area contributed by atoms with Crippen LogP contribution in [0.4, 0.5) is 13.2 Å². The molecule has 0 heterocycles. The zero-order chi connectivity index (χ0) is 15.2. The van der Waals surface area contributed by atoms with Gasteiger partial charge < -0.3 is 15.2 Å². The van der Waals surface area contributed by atoms with E-state index in [-0.39, 0.29) is 12.3 Å². The number of hydrogen-bond acceptors (Lipinski definition) is 3. The Balaban J connectivity index is 2.64. The smallest absolute Gasteiger partial charge is 0.480 e. The minimum atomic E-state index is -4.74. The molecule has 0 fully saturated rings. The van der Waals surface area contributed by atoms with Crippen LogP contribution in [-0.2, 0) is 11.3 Å². The summed E-state index contributed by atoms with van der Waals surface area (Å²) in [6, 6.07) is 4.73. The third kappa shape index (κ3) is 5.92. The van der Waals surface area contributed by atoms with E-state index < -0.39 is 18.4 Å². The van der Waals surface area contributed by atoms with Crippen molar-refractivity contribution in [2.75, 3.05) is 0 Å². The van der Waals surface area contributed by atoms with Gasteiger partial charge in [-0.2, -0.15) is 0 Å². The van der Waals surface area contributed by atoms with Crippen molar-refractivity contribution >= 4 is 5.97 Å². The maximum atomic E-state index is 12.1. The van der Waals surface area contributed by atoms with Crippen LogP contribution < -0.4 is 10.1 Å². The van der Waals surface area contributed by atoms with Crippen molar-refractivity contribution in [2.24, 2.45) is 0 Å². The van der Waals surface area contributed by atoms with Gasteiger partial charge in [0.2, 0.25) is 0 Å². The zero-order valence-corrected chi connectivity index (χ0v) is 10.9. The highest BCUT2D eigenvalue weighted by atomic mass is 19.4. The summed E-state index contributed by atoms with van der Waals surface area (Å²) in [5.41, 5.74) is 0.522. The van der Waals surface area contributed by atoms with E-state index in [9.17, 15) is 18.0 Å². The van der Waals surface area contributed by atoms with Gasteiger partial charge in [-0.1, -0.05) is 25.5 Å². The number of alkyl halides is 3. The highest BCUT2D eigenvalue weighted by Crippen LogP contribution is 2.23. The number of hydrogen-bond donors (Lipinski definition) is 2. The summed E-state index contributed by atoms with van der Waals surface area (Å²) < 4.78 is 40.0. The monoisotopic (exact) mass is 291 g/mol. The molecule has 112 valence electrons. The predicted molar refractivity (Wildman–Crippen MR) is 66.3 cm³/mol. The van der Waals surface area contributed by atoms with Crippen molar-refractivity contribution in [2.45, 2.75) is 38.7 Å². The Morgan fingerprint density at radius 2 is 2.15 bits per heavy atom. The first-order valence-corrected chi connectivity index (χ1v) is 6.12. The quantitative estimate of drug-likeness (QED) is 0.811. The number of ether oxygens (including phenoxy) is 1. The van der Waals surface area contributed by atoms with Gasteiger partial charge in [0.15, 0.2) is 0 Å². The molecule has 0 aliphatic heterocycles. The first-order valence-electron chi connectivity index (χ1n) is 6.12. The summed E-state index contributed by atoms with van der Waals surface area (Å²) in [5, 5.41) is 11.7. The number of benzene rings is 1. The fourth-order valence-electron chi connectivity index (χ4n) is 1.70. The fourth-order valence-corrected chi connectivity index (χ4v) is 1.70. The normalized spacial score (nSPS) is 13.0. The van der Waals surface area contributed by atoms with Crippen LogP contribution in [0.25, 0.3) is 0 Å². The Kier molecular flexibility index (Phi) is 5.82. The van der Waals surface area contributed by atoms with Gasteiger partial charge in [0, 0.05) is 6.54 Å². The first-order chi connectivity index (χ1) is 9.31. The number of rotatable bonds is 7. The first kappa shape index (κ1) is 16.3. The van der Waals surface area contributed by atoms with Crippen molar-refractivity contribution in [3.05, 3.63) is 29.8 Å². The molecule has 1 rings (SSSR count). The lowest BCUT2D eigenvalue weighted by molar-refractivity contribution is -0.274. The maximum Gasteiger partial charge on any atom is 0.573 e. The summed E-state index contributed by atoms with van der Waals surface area (Å²) >= 11 is 0. The number of carboxylic acid groups (broad SMARTS) is 1. The van der Waals surface area contributed by atoms with Crippen molar-refractivity contribution in [1.29, 1.82) is 0 Å². The van der Waals surface area contributed by atoms with Gasteiger partial charge in [-0.15, -0.1) is 13.2 Å². The van der Waals surface area contributed by atoms with E-state index in [4.69, 9.17) is 5.11 Å². The van der Waals surface area contributed by atoms with Crippen molar-refractivity contribution < 1.29 is 27.8 Å². The van der Waals surface area contributed by atoms with Crippen LogP contribution in [0.5, 0.6) is 5.75 Å². The fraction of sp³-hybridized carbons (Fsp3) is 0.462. The molecule has 0 spiro atoms. The van der Waals surface area contributed by atoms with E-state index >= 15 is 0 Å². The summed E-state index contributed by atoms with van der Waals surface area (Å²) in [4.78, 5) is 10.9. The zero-order valence-electron chi connectivity index (χ0n) is 10.9. The topological polar surface area (TPSA) is 58.6 Å². The van der Waals surface area contributed by atoms with Crippen molar-refractivity contribution in [1.82, 2.24) is 5.32 Å². The predicted octanol–water partition coefficient (Wildman–Crippen LogP) is 2.93. The molecule has 7 heteroatoms. The van der Waals surface area contributed by atoms with Crippen molar-refractivity contribution in [3.8, 4) is 5.75 Å². The van der Waals surface area contributed by atoms with Crippen LogP contribution in [0.2, 0.25) is 0 Å². The molecule has 0 aromatic heterocycles. The van der Waals surface area contributed by atoms with Crippen molar-refractivity contribution in [3.63, 3.8) is 0 Å². The average Bonchev–Trinajstić information content (AvgIpc) is 2.32. The molecule has 0 saturated heterocycles. The van der Waals surface area contributed by atoms with Gasteiger partial charge >= 0.3 is 12.3 Å². The van der Waals surface area contributed by atoms with Gasteiger partial charge in [0.05, 0.1) is 0 Å². The molecule has 0 bridgehead atoms. The molecule has 1 atom stereocenters. The molecule has 1 unspecified atom stereocenters. The van der Waals surface area contributed by atoms with E-state index in [1.807, 2.05) is 6.92 Å². The van der Waals surface area contributed by atoms with E-state index in [2.05, 4.69) is 10.1 Å². The number of carboxylic acids is 1. The molecule has 0 radical (unpaired) electrons. The molecule has 0 aliphatic carbocycles. The van der Waals surface area contributed by atoms with Gasteiger partial charge in [0.25, 0.3) is 0 Å². The van der Waals surface area contributed by atoms with Gasteiger partial charge in [0.1, 0.15) is 11.8 Å².